The molecule has 0 aromatic heterocycles. The third kappa shape index (κ3) is 2.47. The van der Waals surface area contributed by atoms with Crippen molar-refractivity contribution in [3.63, 3.8) is 0 Å². The molecular weight excluding hydrogens is 153 g/mol. The third-order valence-corrected chi connectivity index (χ3v) is 1.66. The maximum Gasteiger partial charge on any atom is 0.132 e. The Balaban J connectivity index is 2.51. The Kier molecular flexibility index (Phi) is 3.48. The maximum atomic E-state index is 13.0. The zero-order valence-corrected chi connectivity index (χ0v) is 6.96. The van der Waals surface area contributed by atoms with Gasteiger partial charge in [0.25, 0.3) is 0 Å². The van der Waals surface area contributed by atoms with E-state index in [0.717, 1.165) is 12.1 Å². The van der Waals surface area contributed by atoms with Crippen molar-refractivity contribution in [1.29, 1.82) is 0 Å². The zero-order chi connectivity index (χ0) is 8.81. The van der Waals surface area contributed by atoms with Crippen molar-refractivity contribution in [3.8, 4) is 0 Å². The highest BCUT2D eigenvalue weighted by atomic mass is 19.1. The molecule has 0 fully saturated rings. The number of hydrogen-bond donors (Lipinski definition) is 1. The number of quaternary nitrogens is 1. The van der Waals surface area contributed by atoms with Crippen molar-refractivity contribution in [2.45, 2.75) is 6.54 Å². The monoisotopic (exact) mass is 166 g/mol. The molecule has 0 heterocycles. The minimum absolute atomic E-state index is 0.127. The van der Waals surface area contributed by atoms with E-state index in [9.17, 15) is 4.39 Å². The van der Waals surface area contributed by atoms with Gasteiger partial charge in [-0.15, -0.1) is 0 Å². The summed E-state index contributed by atoms with van der Waals surface area (Å²) in [5, 5.41) is 2.01. The van der Waals surface area contributed by atoms with Crippen LogP contribution in [-0.4, -0.2) is 6.54 Å². The van der Waals surface area contributed by atoms with Crippen molar-refractivity contribution < 1.29 is 9.71 Å². The van der Waals surface area contributed by atoms with Gasteiger partial charge in [0.2, 0.25) is 0 Å². The van der Waals surface area contributed by atoms with E-state index >= 15 is 0 Å². The van der Waals surface area contributed by atoms with Gasteiger partial charge in [-0.3, -0.25) is 0 Å². The molecule has 0 radical (unpaired) electrons. The van der Waals surface area contributed by atoms with Gasteiger partial charge in [0, 0.05) is 5.56 Å². The van der Waals surface area contributed by atoms with E-state index in [1.807, 2.05) is 11.4 Å². The Morgan fingerprint density at radius 3 is 2.83 bits per heavy atom. The Hall–Kier alpha value is -1.15. The van der Waals surface area contributed by atoms with Gasteiger partial charge in [-0.1, -0.05) is 24.8 Å². The fourth-order valence-corrected chi connectivity index (χ4v) is 1.02. The van der Waals surface area contributed by atoms with Crippen LogP contribution in [0.4, 0.5) is 4.39 Å². The van der Waals surface area contributed by atoms with Gasteiger partial charge in [0.05, 0.1) is 6.54 Å². The van der Waals surface area contributed by atoms with E-state index < -0.39 is 0 Å². The molecule has 2 heteroatoms. The summed E-state index contributed by atoms with van der Waals surface area (Å²) in [6.45, 7) is 5.10. The molecule has 1 nitrogen and oxygen atoms in total. The van der Waals surface area contributed by atoms with Gasteiger partial charge in [-0.25, -0.2) is 4.39 Å². The molecule has 1 rings (SSSR count). The first kappa shape index (κ1) is 8.94. The van der Waals surface area contributed by atoms with Crippen LogP contribution in [0.25, 0.3) is 0 Å². The first-order chi connectivity index (χ1) is 5.84. The van der Waals surface area contributed by atoms with E-state index in [-0.39, 0.29) is 5.82 Å². The van der Waals surface area contributed by atoms with Gasteiger partial charge >= 0.3 is 0 Å². The van der Waals surface area contributed by atoms with Crippen LogP contribution in [0.5, 0.6) is 0 Å². The molecule has 2 N–H and O–H groups in total. The summed E-state index contributed by atoms with van der Waals surface area (Å²) in [6, 6.07) is 6.83. The highest BCUT2D eigenvalue weighted by Gasteiger charge is 1.99. The zero-order valence-electron chi connectivity index (χ0n) is 6.96. The number of hydrogen-bond acceptors (Lipinski definition) is 0. The van der Waals surface area contributed by atoms with E-state index in [1.54, 1.807) is 18.2 Å². The molecular formula is C10H13FN+. The lowest BCUT2D eigenvalue weighted by Crippen LogP contribution is -2.82. The molecule has 0 aliphatic heterocycles. The summed E-state index contributed by atoms with van der Waals surface area (Å²) in [5.74, 6) is -0.127. The lowest BCUT2D eigenvalue weighted by Gasteiger charge is -1.99. The summed E-state index contributed by atoms with van der Waals surface area (Å²) < 4.78 is 13.0. The molecule has 0 amide bonds. The second-order valence-corrected chi connectivity index (χ2v) is 2.61. The predicted octanol–water partition coefficient (Wildman–Crippen LogP) is 1.08. The molecule has 1 aromatic rings. The van der Waals surface area contributed by atoms with Crippen molar-refractivity contribution in [2.75, 3.05) is 6.54 Å². The van der Waals surface area contributed by atoms with Gasteiger partial charge in [0.1, 0.15) is 12.4 Å². The third-order valence-electron chi connectivity index (χ3n) is 1.66. The number of rotatable bonds is 4. The molecule has 0 bridgehead atoms. The van der Waals surface area contributed by atoms with Crippen LogP contribution in [0.1, 0.15) is 5.56 Å². The first-order valence-corrected chi connectivity index (χ1v) is 4.00. The summed E-state index contributed by atoms with van der Waals surface area (Å²) in [6.07, 6.45) is 1.81. The quantitative estimate of drug-likeness (QED) is 0.509. The second kappa shape index (κ2) is 4.67. The average Bonchev–Trinajstić information content (AvgIpc) is 2.09. The summed E-state index contributed by atoms with van der Waals surface area (Å²) in [7, 11) is 0. The van der Waals surface area contributed by atoms with Crippen molar-refractivity contribution in [1.82, 2.24) is 0 Å². The second-order valence-electron chi connectivity index (χ2n) is 2.61. The highest BCUT2D eigenvalue weighted by Crippen LogP contribution is 2.03. The SMILES string of the molecule is C=CC[NH2+]Cc1ccccc1F. The van der Waals surface area contributed by atoms with Crippen molar-refractivity contribution in [3.05, 3.63) is 48.3 Å². The van der Waals surface area contributed by atoms with Crippen LogP contribution in [0.3, 0.4) is 0 Å². The van der Waals surface area contributed by atoms with Crippen LogP contribution in [0.2, 0.25) is 0 Å². The normalized spacial score (nSPS) is 9.75. The van der Waals surface area contributed by atoms with Gasteiger partial charge in [0.15, 0.2) is 0 Å². The summed E-state index contributed by atoms with van der Waals surface area (Å²) in [4.78, 5) is 0. The molecule has 64 valence electrons. The lowest BCUT2D eigenvalue weighted by atomic mass is 10.2. The average molecular weight is 166 g/mol. The van der Waals surface area contributed by atoms with Crippen LogP contribution >= 0.6 is 0 Å². The fourth-order valence-electron chi connectivity index (χ4n) is 1.02. The van der Waals surface area contributed by atoms with Crippen LogP contribution in [0.15, 0.2) is 36.9 Å². The minimum atomic E-state index is -0.127. The van der Waals surface area contributed by atoms with Crippen molar-refractivity contribution in [2.24, 2.45) is 0 Å². The topological polar surface area (TPSA) is 16.6 Å². The van der Waals surface area contributed by atoms with Crippen LogP contribution < -0.4 is 5.32 Å². The van der Waals surface area contributed by atoms with Crippen LogP contribution in [0, 0.1) is 5.82 Å². The summed E-state index contributed by atoms with van der Waals surface area (Å²) >= 11 is 0. The Morgan fingerprint density at radius 2 is 2.17 bits per heavy atom. The molecule has 0 saturated carbocycles. The van der Waals surface area contributed by atoms with Crippen molar-refractivity contribution >= 4 is 0 Å². The Bertz CT molecular complexity index is 258. The highest BCUT2D eigenvalue weighted by molar-refractivity contribution is 5.15. The largest absolute Gasteiger partial charge is 0.339 e. The molecule has 0 unspecified atom stereocenters. The van der Waals surface area contributed by atoms with Gasteiger partial charge < -0.3 is 5.32 Å². The minimum Gasteiger partial charge on any atom is -0.339 e. The smallest absolute Gasteiger partial charge is 0.132 e. The Morgan fingerprint density at radius 1 is 1.42 bits per heavy atom. The van der Waals surface area contributed by atoms with E-state index in [4.69, 9.17) is 0 Å². The van der Waals surface area contributed by atoms with E-state index in [1.165, 1.54) is 6.07 Å². The number of halogens is 1. The summed E-state index contributed by atoms with van der Waals surface area (Å²) in [5.41, 5.74) is 0.749. The first-order valence-electron chi connectivity index (χ1n) is 4.00. The molecule has 0 spiro atoms. The van der Waals surface area contributed by atoms with Gasteiger partial charge in [-0.05, 0) is 12.1 Å². The van der Waals surface area contributed by atoms with Gasteiger partial charge in [-0.2, -0.15) is 0 Å². The molecule has 0 aliphatic rings. The van der Waals surface area contributed by atoms with E-state index in [2.05, 4.69) is 6.58 Å². The molecule has 0 aliphatic carbocycles. The molecule has 12 heavy (non-hydrogen) atoms. The van der Waals surface area contributed by atoms with E-state index in [0.29, 0.717) is 6.54 Å². The Labute approximate surface area is 71.9 Å². The fraction of sp³-hybridized carbons (Fsp3) is 0.200. The lowest BCUT2D eigenvalue weighted by molar-refractivity contribution is -0.662. The molecule has 0 saturated heterocycles. The van der Waals surface area contributed by atoms with Crippen LogP contribution in [-0.2, 0) is 6.54 Å². The number of nitrogens with two attached hydrogens (primary N) is 1. The molecule has 0 atom stereocenters. The standard InChI is InChI=1S/C10H12FN/c1-2-7-12-8-9-5-3-4-6-10(9)11/h2-6,12H,1,7-8H2/p+1. The maximum absolute atomic E-state index is 13.0. The molecule has 1 aromatic carbocycles. The predicted molar refractivity (Wildman–Crippen MR) is 47.1 cm³/mol. The number of benzene rings is 1.